The topological polar surface area (TPSA) is 64.1 Å². The van der Waals surface area contributed by atoms with E-state index in [4.69, 9.17) is 4.74 Å². The van der Waals surface area contributed by atoms with Gasteiger partial charge in [-0.1, -0.05) is 47.0 Å². The van der Waals surface area contributed by atoms with Crippen molar-refractivity contribution in [2.45, 2.75) is 52.9 Å². The van der Waals surface area contributed by atoms with Crippen molar-refractivity contribution < 1.29 is 9.53 Å². The quantitative estimate of drug-likeness (QED) is 0.705. The molecule has 0 saturated carbocycles. The van der Waals surface area contributed by atoms with Crippen molar-refractivity contribution in [3.05, 3.63) is 29.8 Å². The van der Waals surface area contributed by atoms with E-state index in [0.29, 0.717) is 0 Å². The van der Waals surface area contributed by atoms with Gasteiger partial charge in [-0.05, 0) is 45.4 Å². The van der Waals surface area contributed by atoms with Crippen LogP contribution in [0.5, 0.6) is 5.75 Å². The first-order chi connectivity index (χ1) is 11.8. The lowest BCUT2D eigenvalue weighted by Crippen LogP contribution is -2.44. The zero-order chi connectivity index (χ0) is 18.4. The molecule has 136 valence electrons. The van der Waals surface area contributed by atoms with E-state index < -0.39 is 0 Å². The van der Waals surface area contributed by atoms with Crippen LogP contribution in [0.15, 0.2) is 32.9 Å². The van der Waals surface area contributed by atoms with E-state index in [-0.39, 0.29) is 16.7 Å². The van der Waals surface area contributed by atoms with Crippen molar-refractivity contribution in [2.24, 2.45) is 0 Å². The number of methoxy groups -OCH3 is 1. The van der Waals surface area contributed by atoms with Crippen LogP contribution in [0.25, 0.3) is 0 Å². The van der Waals surface area contributed by atoms with Crippen LogP contribution in [0.4, 0.5) is 0 Å². The molecule has 0 radical (unpaired) electrons. The van der Waals surface area contributed by atoms with Crippen molar-refractivity contribution in [3.8, 4) is 5.75 Å². The van der Waals surface area contributed by atoms with Gasteiger partial charge in [0.25, 0.3) is 0 Å². The third kappa shape index (κ3) is 6.87. The zero-order valence-corrected chi connectivity index (χ0v) is 17.5. The number of carbonyl (C=O) groups is 1. The lowest BCUT2D eigenvalue weighted by atomic mass is 10.1. The molecule has 0 spiro atoms. The number of nitrogens with zero attached hydrogens (tertiary/aromatic N) is 2. The number of nitrogens with one attached hydrogen (secondary N) is 1. The SMILES string of the molecule is COc1ccc(CSc2nnc(S[C@@H](C)C(=O)NC(C)(C)C)s2)cc1. The standard InChI is InChI=1S/C17H23N3O2S3/c1-11(14(21)18-17(2,3)4)24-16-20-19-15(25-16)23-10-12-6-8-13(22-5)9-7-12/h6-9,11H,10H2,1-5H3,(H,18,21)/t11-/m0/s1. The fourth-order valence-corrected chi connectivity index (χ4v) is 4.97. The number of aromatic nitrogens is 2. The molecule has 2 aromatic rings. The Bertz CT molecular complexity index is 696. The van der Waals surface area contributed by atoms with E-state index in [2.05, 4.69) is 15.5 Å². The first kappa shape index (κ1) is 20.1. The fraction of sp³-hybridized carbons (Fsp3) is 0.471. The molecule has 0 aliphatic carbocycles. The average molecular weight is 398 g/mol. The Morgan fingerprint density at radius 1 is 1.24 bits per heavy atom. The number of benzene rings is 1. The Hall–Kier alpha value is -1.25. The fourth-order valence-electron chi connectivity index (χ4n) is 1.85. The largest absolute Gasteiger partial charge is 0.497 e. The summed E-state index contributed by atoms with van der Waals surface area (Å²) in [5.74, 6) is 1.69. The van der Waals surface area contributed by atoms with Gasteiger partial charge in [-0.15, -0.1) is 10.2 Å². The lowest BCUT2D eigenvalue weighted by molar-refractivity contribution is -0.121. The molecule has 5 nitrogen and oxygen atoms in total. The number of rotatable bonds is 7. The Morgan fingerprint density at radius 2 is 1.88 bits per heavy atom. The number of hydrogen-bond donors (Lipinski definition) is 1. The summed E-state index contributed by atoms with van der Waals surface area (Å²) in [5, 5.41) is 11.2. The van der Waals surface area contributed by atoms with Gasteiger partial charge in [0.2, 0.25) is 5.91 Å². The maximum absolute atomic E-state index is 12.1. The molecule has 1 amide bonds. The summed E-state index contributed by atoms with van der Waals surface area (Å²) in [7, 11) is 1.66. The first-order valence-electron chi connectivity index (χ1n) is 7.85. The maximum atomic E-state index is 12.1. The highest BCUT2D eigenvalue weighted by Crippen LogP contribution is 2.33. The highest BCUT2D eigenvalue weighted by molar-refractivity contribution is 8.03. The van der Waals surface area contributed by atoms with Gasteiger partial charge in [0.1, 0.15) is 5.75 Å². The molecule has 0 fully saturated rings. The number of carbonyl (C=O) groups excluding carboxylic acids is 1. The van der Waals surface area contributed by atoms with Gasteiger partial charge in [0.05, 0.1) is 12.4 Å². The van der Waals surface area contributed by atoms with Gasteiger partial charge in [-0.25, -0.2) is 0 Å². The van der Waals surface area contributed by atoms with Gasteiger partial charge in [-0.2, -0.15) is 0 Å². The minimum Gasteiger partial charge on any atom is -0.497 e. The van der Waals surface area contributed by atoms with E-state index in [0.717, 1.165) is 20.2 Å². The number of thioether (sulfide) groups is 2. The Balaban J connectivity index is 1.85. The lowest BCUT2D eigenvalue weighted by Gasteiger charge is -2.22. The van der Waals surface area contributed by atoms with Crippen LogP contribution in [0.3, 0.4) is 0 Å². The molecule has 0 bridgehead atoms. The normalized spacial score (nSPS) is 12.7. The van der Waals surface area contributed by atoms with E-state index in [1.54, 1.807) is 18.9 Å². The summed E-state index contributed by atoms with van der Waals surface area (Å²) in [6, 6.07) is 7.99. The molecular formula is C17H23N3O2S3. The average Bonchev–Trinajstić information content (AvgIpc) is 2.99. The van der Waals surface area contributed by atoms with Gasteiger partial charge in [-0.3, -0.25) is 4.79 Å². The predicted molar refractivity (Wildman–Crippen MR) is 106 cm³/mol. The first-order valence-corrected chi connectivity index (χ1v) is 10.5. The van der Waals surface area contributed by atoms with E-state index >= 15 is 0 Å². The van der Waals surface area contributed by atoms with Crippen molar-refractivity contribution in [3.63, 3.8) is 0 Å². The van der Waals surface area contributed by atoms with E-state index in [9.17, 15) is 4.79 Å². The minimum absolute atomic E-state index is 0.0140. The number of amides is 1. The van der Waals surface area contributed by atoms with E-state index in [1.807, 2.05) is 52.0 Å². The van der Waals surface area contributed by atoms with Crippen LogP contribution in [0.2, 0.25) is 0 Å². The van der Waals surface area contributed by atoms with Gasteiger partial charge in [0.15, 0.2) is 8.68 Å². The second-order valence-electron chi connectivity index (χ2n) is 6.47. The van der Waals surface area contributed by atoms with Gasteiger partial charge in [0, 0.05) is 11.3 Å². The second-order valence-corrected chi connectivity index (χ2v) is 10.3. The summed E-state index contributed by atoms with van der Waals surface area (Å²) >= 11 is 4.61. The summed E-state index contributed by atoms with van der Waals surface area (Å²) < 4.78 is 6.88. The molecule has 0 saturated heterocycles. The summed E-state index contributed by atoms with van der Waals surface area (Å²) in [4.78, 5) is 12.1. The molecule has 0 aliphatic heterocycles. The molecule has 0 aliphatic rings. The third-order valence-electron chi connectivity index (χ3n) is 3.05. The summed E-state index contributed by atoms with van der Waals surface area (Å²) in [6.45, 7) is 7.81. The summed E-state index contributed by atoms with van der Waals surface area (Å²) in [5.41, 5.74) is 0.972. The highest BCUT2D eigenvalue weighted by atomic mass is 32.2. The molecule has 1 aromatic carbocycles. The number of ether oxygens (including phenoxy) is 1. The molecule has 1 aromatic heterocycles. The van der Waals surface area contributed by atoms with Crippen LogP contribution >= 0.6 is 34.9 Å². The molecule has 8 heteroatoms. The molecule has 2 rings (SSSR count). The molecule has 1 atom stereocenters. The highest BCUT2D eigenvalue weighted by Gasteiger charge is 2.21. The molecule has 1 N–H and O–H groups in total. The Kier molecular flexibility index (Phi) is 7.15. The molecular weight excluding hydrogens is 374 g/mol. The van der Waals surface area contributed by atoms with Crippen LogP contribution in [-0.2, 0) is 10.5 Å². The molecule has 1 heterocycles. The van der Waals surface area contributed by atoms with Crippen LogP contribution in [0.1, 0.15) is 33.3 Å². The Labute approximate surface area is 161 Å². The Morgan fingerprint density at radius 3 is 2.48 bits per heavy atom. The maximum Gasteiger partial charge on any atom is 0.233 e. The van der Waals surface area contributed by atoms with Crippen molar-refractivity contribution in [1.82, 2.24) is 15.5 Å². The van der Waals surface area contributed by atoms with Crippen molar-refractivity contribution in [2.75, 3.05) is 7.11 Å². The number of hydrogen-bond acceptors (Lipinski definition) is 7. The molecule has 0 unspecified atom stereocenters. The smallest absolute Gasteiger partial charge is 0.233 e. The van der Waals surface area contributed by atoms with Gasteiger partial charge >= 0.3 is 0 Å². The predicted octanol–water partition coefficient (Wildman–Crippen LogP) is 4.23. The van der Waals surface area contributed by atoms with Crippen LogP contribution in [-0.4, -0.2) is 34.0 Å². The van der Waals surface area contributed by atoms with Gasteiger partial charge < -0.3 is 10.1 Å². The molecule has 25 heavy (non-hydrogen) atoms. The van der Waals surface area contributed by atoms with Crippen molar-refractivity contribution >= 4 is 40.8 Å². The van der Waals surface area contributed by atoms with Crippen LogP contribution in [0, 0.1) is 0 Å². The minimum atomic E-state index is -0.230. The van der Waals surface area contributed by atoms with E-state index in [1.165, 1.54) is 28.7 Å². The summed E-state index contributed by atoms with van der Waals surface area (Å²) in [6.07, 6.45) is 0. The monoisotopic (exact) mass is 397 g/mol. The second kappa shape index (κ2) is 8.91. The van der Waals surface area contributed by atoms with Crippen LogP contribution < -0.4 is 10.1 Å². The van der Waals surface area contributed by atoms with Crippen molar-refractivity contribution in [1.29, 1.82) is 0 Å². The zero-order valence-electron chi connectivity index (χ0n) is 15.0. The third-order valence-corrected chi connectivity index (χ3v) is 6.37.